The minimum atomic E-state index is -0.783. The first-order valence-electron chi connectivity index (χ1n) is 8.25. The Morgan fingerprint density at radius 1 is 1.00 bits per heavy atom. The van der Waals surface area contributed by atoms with Gasteiger partial charge in [0.15, 0.2) is 0 Å². The van der Waals surface area contributed by atoms with E-state index in [9.17, 15) is 5.11 Å². The Morgan fingerprint density at radius 3 is 2.23 bits per heavy atom. The van der Waals surface area contributed by atoms with Gasteiger partial charge < -0.3 is 10.4 Å². The molecular weight excluding hydrogens is 270 g/mol. The Bertz CT molecular complexity index is 583. The zero-order chi connectivity index (χ0) is 15.4. The van der Waals surface area contributed by atoms with Crippen molar-refractivity contribution in [2.24, 2.45) is 0 Å². The molecule has 1 aliphatic heterocycles. The van der Waals surface area contributed by atoms with Crippen molar-refractivity contribution >= 4 is 0 Å². The second-order valence-corrected chi connectivity index (χ2v) is 6.48. The average Bonchev–Trinajstić information content (AvgIpc) is 3.10. The summed E-state index contributed by atoms with van der Waals surface area (Å²) in [4.78, 5) is 0. The van der Waals surface area contributed by atoms with E-state index in [-0.39, 0.29) is 6.04 Å². The summed E-state index contributed by atoms with van der Waals surface area (Å²) in [5, 5.41) is 14.2. The van der Waals surface area contributed by atoms with E-state index in [2.05, 4.69) is 59.9 Å². The normalized spacial score (nSPS) is 20.7. The molecule has 1 fully saturated rings. The van der Waals surface area contributed by atoms with Crippen molar-refractivity contribution in [3.63, 3.8) is 0 Å². The lowest BCUT2D eigenvalue weighted by Gasteiger charge is -2.31. The molecule has 0 amide bonds. The van der Waals surface area contributed by atoms with Crippen LogP contribution in [-0.2, 0) is 18.4 Å². The van der Waals surface area contributed by atoms with Crippen LogP contribution >= 0.6 is 0 Å². The van der Waals surface area contributed by atoms with Crippen LogP contribution in [0.5, 0.6) is 0 Å². The number of aryl methyl sites for hydroxylation is 2. The lowest BCUT2D eigenvalue weighted by Crippen LogP contribution is -2.42. The first kappa shape index (κ1) is 15.3. The second kappa shape index (κ2) is 6.64. The average molecular weight is 295 g/mol. The van der Waals surface area contributed by atoms with Crippen LogP contribution in [0.4, 0.5) is 0 Å². The second-order valence-electron chi connectivity index (χ2n) is 6.48. The van der Waals surface area contributed by atoms with Gasteiger partial charge in [-0.05, 0) is 55.8 Å². The van der Waals surface area contributed by atoms with Gasteiger partial charge in [-0.3, -0.25) is 0 Å². The van der Waals surface area contributed by atoms with Crippen LogP contribution in [0, 0.1) is 0 Å². The number of aliphatic hydroxyl groups is 1. The van der Waals surface area contributed by atoms with Gasteiger partial charge >= 0.3 is 0 Å². The maximum Gasteiger partial charge on any atom is 0.102 e. The predicted octanol–water partition coefficient (Wildman–Crippen LogP) is 3.43. The van der Waals surface area contributed by atoms with E-state index in [0.29, 0.717) is 0 Å². The van der Waals surface area contributed by atoms with Gasteiger partial charge in [0.1, 0.15) is 5.60 Å². The highest BCUT2D eigenvalue weighted by atomic mass is 16.3. The Morgan fingerprint density at radius 2 is 1.64 bits per heavy atom. The minimum absolute atomic E-state index is 0.169. The maximum absolute atomic E-state index is 10.8. The molecule has 0 aliphatic carbocycles. The number of hydrogen-bond acceptors (Lipinski definition) is 2. The van der Waals surface area contributed by atoms with Crippen molar-refractivity contribution in [2.75, 3.05) is 6.54 Å². The van der Waals surface area contributed by atoms with Gasteiger partial charge in [0.2, 0.25) is 0 Å². The Kier molecular flexibility index (Phi) is 4.60. The first-order valence-corrected chi connectivity index (χ1v) is 8.25. The molecule has 3 rings (SSSR count). The Balaban J connectivity index is 1.65. The van der Waals surface area contributed by atoms with Crippen molar-refractivity contribution in [1.29, 1.82) is 0 Å². The van der Waals surface area contributed by atoms with Crippen molar-refractivity contribution < 1.29 is 5.11 Å². The number of hydrogen-bond donors (Lipinski definition) is 2. The van der Waals surface area contributed by atoms with Crippen LogP contribution in [0.2, 0.25) is 0 Å². The minimum Gasteiger partial charge on any atom is -0.384 e. The third kappa shape index (κ3) is 3.40. The van der Waals surface area contributed by atoms with Gasteiger partial charge in [-0.1, -0.05) is 54.6 Å². The van der Waals surface area contributed by atoms with Crippen LogP contribution in [0.1, 0.15) is 36.5 Å². The number of benzene rings is 2. The van der Waals surface area contributed by atoms with Crippen LogP contribution in [-0.4, -0.2) is 17.7 Å². The van der Waals surface area contributed by atoms with Crippen molar-refractivity contribution in [3.8, 4) is 0 Å². The summed E-state index contributed by atoms with van der Waals surface area (Å²) in [5.41, 5.74) is 2.92. The monoisotopic (exact) mass is 295 g/mol. The fraction of sp³-hybridized carbons (Fsp3) is 0.400. The molecule has 2 nitrogen and oxygen atoms in total. The lowest BCUT2D eigenvalue weighted by atomic mass is 9.86. The molecule has 2 aromatic rings. The molecule has 2 heteroatoms. The third-order valence-corrected chi connectivity index (χ3v) is 4.82. The molecule has 0 radical (unpaired) electrons. The highest BCUT2D eigenvalue weighted by Gasteiger charge is 2.35. The molecule has 2 N–H and O–H groups in total. The molecule has 0 aromatic heterocycles. The Labute approximate surface area is 133 Å². The Hall–Kier alpha value is -1.64. The van der Waals surface area contributed by atoms with Gasteiger partial charge in [-0.15, -0.1) is 0 Å². The molecule has 0 saturated carbocycles. The summed E-state index contributed by atoms with van der Waals surface area (Å²) in [6.45, 7) is 2.94. The fourth-order valence-corrected chi connectivity index (χ4v) is 3.31. The molecule has 1 saturated heterocycles. The van der Waals surface area contributed by atoms with Gasteiger partial charge in [0, 0.05) is 6.04 Å². The van der Waals surface area contributed by atoms with Crippen LogP contribution < -0.4 is 5.32 Å². The molecule has 2 atom stereocenters. The molecular formula is C20H25NO. The van der Waals surface area contributed by atoms with Gasteiger partial charge in [-0.2, -0.15) is 0 Å². The smallest absolute Gasteiger partial charge is 0.102 e. The quantitative estimate of drug-likeness (QED) is 0.886. The SMILES string of the molecule is CC(O)(c1ccc(CCc2ccccc2)cc1)C1CCCN1. The molecule has 22 heavy (non-hydrogen) atoms. The molecule has 116 valence electrons. The van der Waals surface area contributed by atoms with Crippen molar-refractivity contribution in [3.05, 3.63) is 71.3 Å². The standard InChI is InChI=1S/C20H25NO/c1-20(22,19-8-5-15-21-19)18-13-11-17(12-14-18)10-9-16-6-3-2-4-7-16/h2-4,6-7,11-14,19,21-22H,5,8-10,15H2,1H3. The number of rotatable bonds is 5. The van der Waals surface area contributed by atoms with Crippen molar-refractivity contribution in [2.45, 2.75) is 44.2 Å². The highest BCUT2D eigenvalue weighted by Crippen LogP contribution is 2.29. The van der Waals surface area contributed by atoms with E-state index in [4.69, 9.17) is 0 Å². The summed E-state index contributed by atoms with van der Waals surface area (Å²) >= 11 is 0. The zero-order valence-corrected chi connectivity index (χ0v) is 13.3. The van der Waals surface area contributed by atoms with Crippen LogP contribution in [0.3, 0.4) is 0 Å². The molecule has 1 heterocycles. The summed E-state index contributed by atoms with van der Waals surface area (Å²) in [7, 11) is 0. The largest absolute Gasteiger partial charge is 0.384 e. The summed E-state index contributed by atoms with van der Waals surface area (Å²) in [5.74, 6) is 0. The summed E-state index contributed by atoms with van der Waals surface area (Å²) in [6, 6.07) is 19.2. The molecule has 0 spiro atoms. The molecule has 0 bridgehead atoms. The van der Waals surface area contributed by atoms with E-state index in [1.165, 1.54) is 11.1 Å². The predicted molar refractivity (Wildman–Crippen MR) is 90.9 cm³/mol. The van der Waals surface area contributed by atoms with Gasteiger partial charge in [0.05, 0.1) is 0 Å². The van der Waals surface area contributed by atoms with Gasteiger partial charge in [-0.25, -0.2) is 0 Å². The van der Waals surface area contributed by atoms with E-state index in [1.807, 2.05) is 6.92 Å². The van der Waals surface area contributed by atoms with E-state index < -0.39 is 5.60 Å². The van der Waals surface area contributed by atoms with E-state index in [0.717, 1.165) is 37.8 Å². The topological polar surface area (TPSA) is 32.3 Å². The molecule has 2 aromatic carbocycles. The summed E-state index contributed by atoms with van der Waals surface area (Å²) in [6.07, 6.45) is 4.29. The van der Waals surface area contributed by atoms with E-state index in [1.54, 1.807) is 0 Å². The number of nitrogens with one attached hydrogen (secondary N) is 1. The zero-order valence-electron chi connectivity index (χ0n) is 13.3. The third-order valence-electron chi connectivity index (χ3n) is 4.82. The van der Waals surface area contributed by atoms with Gasteiger partial charge in [0.25, 0.3) is 0 Å². The first-order chi connectivity index (χ1) is 10.7. The summed E-state index contributed by atoms with van der Waals surface area (Å²) < 4.78 is 0. The molecule has 2 unspecified atom stereocenters. The lowest BCUT2D eigenvalue weighted by molar-refractivity contribution is 0.0218. The maximum atomic E-state index is 10.8. The van der Waals surface area contributed by atoms with Crippen LogP contribution in [0.15, 0.2) is 54.6 Å². The van der Waals surface area contributed by atoms with Crippen LogP contribution in [0.25, 0.3) is 0 Å². The molecule has 1 aliphatic rings. The fourth-order valence-electron chi connectivity index (χ4n) is 3.31. The highest BCUT2D eigenvalue weighted by molar-refractivity contribution is 5.29. The van der Waals surface area contributed by atoms with Crippen molar-refractivity contribution in [1.82, 2.24) is 5.32 Å². The van der Waals surface area contributed by atoms with E-state index >= 15 is 0 Å².